The number of sulfone groups is 1. The lowest BCUT2D eigenvalue weighted by atomic mass is 9.89. The molecule has 0 aromatic rings. The lowest BCUT2D eigenvalue weighted by Gasteiger charge is -2.44. The Morgan fingerprint density at radius 1 is 1.37 bits per heavy atom. The van der Waals surface area contributed by atoms with Crippen LogP contribution in [0.2, 0.25) is 0 Å². The summed E-state index contributed by atoms with van der Waals surface area (Å²) in [6, 6.07) is 0. The molecule has 112 valence electrons. The normalized spacial score (nSPS) is 30.8. The van der Waals surface area contributed by atoms with Crippen LogP contribution in [0, 0.1) is 5.92 Å². The highest BCUT2D eigenvalue weighted by molar-refractivity contribution is 7.91. The number of likely N-dealkylation sites (N-methyl/N-ethyl adjacent to an activating group) is 1. The molecule has 6 heteroatoms. The Kier molecular flexibility index (Phi) is 4.55. The van der Waals surface area contributed by atoms with Crippen molar-refractivity contribution in [2.24, 2.45) is 11.7 Å². The van der Waals surface area contributed by atoms with Gasteiger partial charge in [0.15, 0.2) is 0 Å². The third-order valence-corrected chi connectivity index (χ3v) is 6.62. The van der Waals surface area contributed by atoms with Gasteiger partial charge in [-0.3, -0.25) is 4.90 Å². The number of nitrogens with zero attached hydrogens (tertiary/aromatic N) is 2. The molecular weight excluding hydrogens is 262 g/mol. The van der Waals surface area contributed by atoms with Gasteiger partial charge in [-0.15, -0.1) is 0 Å². The molecule has 2 aliphatic rings. The summed E-state index contributed by atoms with van der Waals surface area (Å²) in [7, 11) is 1.45. The van der Waals surface area contributed by atoms with Crippen molar-refractivity contribution < 1.29 is 8.42 Å². The van der Waals surface area contributed by atoms with Gasteiger partial charge in [-0.1, -0.05) is 0 Å². The zero-order valence-corrected chi connectivity index (χ0v) is 13.0. The van der Waals surface area contributed by atoms with E-state index in [1.807, 2.05) is 0 Å². The molecule has 19 heavy (non-hydrogen) atoms. The predicted octanol–water partition coefficient (Wildman–Crippen LogP) is -0.224. The standard InChI is InChI=1S/C13H27N3O2S/c1-15-6-3-12(9-15)10-16(2)13(11-14)4-7-19(17,18)8-5-13/h12H,3-11,14H2,1-2H3. The molecule has 1 atom stereocenters. The van der Waals surface area contributed by atoms with Crippen LogP contribution >= 0.6 is 0 Å². The van der Waals surface area contributed by atoms with Crippen LogP contribution in [0.3, 0.4) is 0 Å². The molecule has 2 saturated heterocycles. The van der Waals surface area contributed by atoms with Crippen LogP contribution in [0.25, 0.3) is 0 Å². The number of hydrogen-bond donors (Lipinski definition) is 1. The van der Waals surface area contributed by atoms with Crippen molar-refractivity contribution in [3.05, 3.63) is 0 Å². The summed E-state index contributed by atoms with van der Waals surface area (Å²) in [6.45, 7) is 3.90. The molecular formula is C13H27N3O2S. The molecule has 2 rings (SSSR count). The number of likely N-dealkylation sites (tertiary alicyclic amines) is 1. The number of hydrogen-bond acceptors (Lipinski definition) is 5. The lowest BCUT2D eigenvalue weighted by molar-refractivity contribution is 0.0956. The SMILES string of the molecule is CN1CCC(CN(C)C2(CN)CCS(=O)(=O)CC2)C1. The highest BCUT2D eigenvalue weighted by Gasteiger charge is 2.40. The molecule has 2 aliphatic heterocycles. The molecule has 5 nitrogen and oxygen atoms in total. The van der Waals surface area contributed by atoms with E-state index in [-0.39, 0.29) is 5.54 Å². The Labute approximate surface area is 117 Å². The van der Waals surface area contributed by atoms with Gasteiger partial charge >= 0.3 is 0 Å². The fourth-order valence-electron chi connectivity index (χ4n) is 3.42. The van der Waals surface area contributed by atoms with Crippen molar-refractivity contribution in [1.29, 1.82) is 0 Å². The molecule has 0 aromatic heterocycles. The first-order chi connectivity index (χ1) is 8.87. The Morgan fingerprint density at radius 3 is 2.47 bits per heavy atom. The van der Waals surface area contributed by atoms with Crippen LogP contribution in [0.5, 0.6) is 0 Å². The zero-order valence-electron chi connectivity index (χ0n) is 12.1. The minimum atomic E-state index is -2.82. The Hall–Kier alpha value is -0.170. The molecule has 2 N–H and O–H groups in total. The second kappa shape index (κ2) is 5.68. The van der Waals surface area contributed by atoms with Gasteiger partial charge in [-0.2, -0.15) is 0 Å². The number of nitrogens with two attached hydrogens (primary N) is 1. The Balaban J connectivity index is 1.97. The molecule has 0 amide bonds. The van der Waals surface area contributed by atoms with Crippen LogP contribution in [0.15, 0.2) is 0 Å². The van der Waals surface area contributed by atoms with Gasteiger partial charge in [-0.25, -0.2) is 8.42 Å². The van der Waals surface area contributed by atoms with Crippen LogP contribution < -0.4 is 5.73 Å². The topological polar surface area (TPSA) is 66.6 Å². The third kappa shape index (κ3) is 3.48. The summed E-state index contributed by atoms with van der Waals surface area (Å²) in [5.41, 5.74) is 5.88. The highest BCUT2D eigenvalue weighted by Crippen LogP contribution is 2.30. The molecule has 2 heterocycles. The minimum Gasteiger partial charge on any atom is -0.329 e. The van der Waals surface area contributed by atoms with E-state index in [1.165, 1.54) is 13.0 Å². The highest BCUT2D eigenvalue weighted by atomic mass is 32.2. The van der Waals surface area contributed by atoms with Crippen molar-refractivity contribution in [2.45, 2.75) is 24.8 Å². The first-order valence-electron chi connectivity index (χ1n) is 7.17. The van der Waals surface area contributed by atoms with Gasteiger partial charge in [-0.05, 0) is 45.8 Å². The van der Waals surface area contributed by atoms with Crippen molar-refractivity contribution in [3.8, 4) is 0 Å². The summed E-state index contributed by atoms with van der Waals surface area (Å²) in [5, 5.41) is 0. The van der Waals surface area contributed by atoms with Crippen LogP contribution in [-0.2, 0) is 9.84 Å². The molecule has 0 spiro atoms. The molecule has 0 bridgehead atoms. The van der Waals surface area contributed by atoms with Gasteiger partial charge < -0.3 is 10.6 Å². The lowest BCUT2D eigenvalue weighted by Crippen LogP contribution is -2.57. The van der Waals surface area contributed by atoms with Crippen molar-refractivity contribution >= 4 is 9.84 Å². The predicted molar refractivity (Wildman–Crippen MR) is 77.9 cm³/mol. The molecule has 0 saturated carbocycles. The summed E-state index contributed by atoms with van der Waals surface area (Å²) < 4.78 is 23.2. The van der Waals surface area contributed by atoms with Gasteiger partial charge in [0.25, 0.3) is 0 Å². The van der Waals surface area contributed by atoms with Gasteiger partial charge in [0, 0.05) is 25.2 Å². The largest absolute Gasteiger partial charge is 0.329 e. The van der Waals surface area contributed by atoms with E-state index in [4.69, 9.17) is 5.73 Å². The second-order valence-corrected chi connectivity index (χ2v) is 8.68. The summed E-state index contributed by atoms with van der Waals surface area (Å²) in [6.07, 6.45) is 2.61. The Bertz CT molecular complexity index is 396. The van der Waals surface area contributed by atoms with Crippen LogP contribution in [0.4, 0.5) is 0 Å². The van der Waals surface area contributed by atoms with Crippen molar-refractivity contribution in [3.63, 3.8) is 0 Å². The fraction of sp³-hybridized carbons (Fsp3) is 1.00. The molecule has 0 radical (unpaired) electrons. The fourth-order valence-corrected chi connectivity index (χ4v) is 5.00. The molecule has 0 aromatic carbocycles. The maximum Gasteiger partial charge on any atom is 0.150 e. The quantitative estimate of drug-likeness (QED) is 0.775. The van der Waals surface area contributed by atoms with Crippen LogP contribution in [-0.4, -0.2) is 75.5 Å². The van der Waals surface area contributed by atoms with Crippen LogP contribution in [0.1, 0.15) is 19.3 Å². The first-order valence-corrected chi connectivity index (χ1v) is 8.99. The van der Waals surface area contributed by atoms with E-state index in [0.717, 1.165) is 13.1 Å². The van der Waals surface area contributed by atoms with Gasteiger partial charge in [0.05, 0.1) is 11.5 Å². The van der Waals surface area contributed by atoms with Gasteiger partial charge in [0.1, 0.15) is 9.84 Å². The van der Waals surface area contributed by atoms with Crippen molar-refractivity contribution in [1.82, 2.24) is 9.80 Å². The summed E-state index contributed by atoms with van der Waals surface area (Å²) >= 11 is 0. The van der Waals surface area contributed by atoms with E-state index in [0.29, 0.717) is 36.8 Å². The maximum atomic E-state index is 11.6. The van der Waals surface area contributed by atoms with E-state index in [9.17, 15) is 8.42 Å². The van der Waals surface area contributed by atoms with E-state index in [2.05, 4.69) is 23.9 Å². The second-order valence-electron chi connectivity index (χ2n) is 6.38. The molecule has 1 unspecified atom stereocenters. The third-order valence-electron chi connectivity index (χ3n) is 4.97. The van der Waals surface area contributed by atoms with Crippen molar-refractivity contribution in [2.75, 3.05) is 51.8 Å². The first kappa shape index (κ1) is 15.2. The maximum absolute atomic E-state index is 11.6. The van der Waals surface area contributed by atoms with E-state index >= 15 is 0 Å². The average Bonchev–Trinajstić information content (AvgIpc) is 2.75. The molecule has 0 aliphatic carbocycles. The summed E-state index contributed by atoms with van der Waals surface area (Å²) in [5.74, 6) is 1.27. The van der Waals surface area contributed by atoms with E-state index in [1.54, 1.807) is 0 Å². The van der Waals surface area contributed by atoms with Gasteiger partial charge in [0.2, 0.25) is 0 Å². The van der Waals surface area contributed by atoms with E-state index < -0.39 is 9.84 Å². The number of rotatable bonds is 4. The molecule has 2 fully saturated rings. The average molecular weight is 289 g/mol. The zero-order chi connectivity index (χ0) is 14.1. The minimum absolute atomic E-state index is 0.105. The Morgan fingerprint density at radius 2 is 2.00 bits per heavy atom. The smallest absolute Gasteiger partial charge is 0.150 e. The monoisotopic (exact) mass is 289 g/mol. The summed E-state index contributed by atoms with van der Waals surface area (Å²) in [4.78, 5) is 4.70.